The van der Waals surface area contributed by atoms with Crippen molar-refractivity contribution in [1.82, 2.24) is 5.32 Å². The maximum atomic E-state index is 13.1. The molecule has 1 aliphatic carbocycles. The van der Waals surface area contributed by atoms with E-state index in [2.05, 4.69) is 10.6 Å². The molecule has 0 saturated heterocycles. The third-order valence-corrected chi connectivity index (χ3v) is 3.67. The molecule has 0 radical (unpaired) electrons. The molecule has 3 rings (SSSR count). The van der Waals surface area contributed by atoms with Crippen molar-refractivity contribution in [3.05, 3.63) is 54.0 Å². The van der Waals surface area contributed by atoms with E-state index >= 15 is 0 Å². The van der Waals surface area contributed by atoms with E-state index in [0.29, 0.717) is 12.2 Å². The second-order valence-electron chi connectivity index (χ2n) is 5.36. The number of benzene rings is 1. The molecule has 0 spiro atoms. The smallest absolute Gasteiger partial charge is 0.228 e. The van der Waals surface area contributed by atoms with Crippen LogP contribution in [0, 0.1) is 23.5 Å². The number of hydrogen-bond acceptors (Lipinski definition) is 3. The van der Waals surface area contributed by atoms with Gasteiger partial charge in [-0.1, -0.05) is 0 Å². The van der Waals surface area contributed by atoms with Crippen LogP contribution in [0.1, 0.15) is 12.2 Å². The molecule has 1 heterocycles. The Bertz CT molecular complexity index is 731. The van der Waals surface area contributed by atoms with E-state index in [4.69, 9.17) is 4.42 Å². The highest BCUT2D eigenvalue weighted by Crippen LogP contribution is 2.39. The molecular weight excluding hydrogens is 306 g/mol. The molecule has 1 saturated carbocycles. The van der Waals surface area contributed by atoms with Gasteiger partial charge < -0.3 is 15.1 Å². The molecular formula is C16H14F2N2O3. The molecule has 1 aromatic carbocycles. The molecule has 2 amide bonds. The van der Waals surface area contributed by atoms with Gasteiger partial charge >= 0.3 is 0 Å². The first-order valence-electron chi connectivity index (χ1n) is 7.10. The Labute approximate surface area is 130 Å². The minimum Gasteiger partial charge on any atom is -0.467 e. The number of halogens is 2. The molecule has 2 unspecified atom stereocenters. The van der Waals surface area contributed by atoms with Crippen molar-refractivity contribution in [3.8, 4) is 0 Å². The SMILES string of the molecule is O=C(NCc1ccco1)C1CC1C(=O)Nc1ccc(F)c(F)c1. The average Bonchev–Trinajstić information content (AvgIpc) is 3.17. The third-order valence-electron chi connectivity index (χ3n) is 3.67. The molecule has 1 aromatic heterocycles. The van der Waals surface area contributed by atoms with Crippen molar-refractivity contribution in [3.63, 3.8) is 0 Å². The maximum absolute atomic E-state index is 13.1. The fourth-order valence-corrected chi connectivity index (χ4v) is 2.30. The summed E-state index contributed by atoms with van der Waals surface area (Å²) in [7, 11) is 0. The van der Waals surface area contributed by atoms with Crippen LogP contribution in [0.5, 0.6) is 0 Å². The van der Waals surface area contributed by atoms with E-state index in [9.17, 15) is 18.4 Å². The van der Waals surface area contributed by atoms with Gasteiger partial charge in [-0.3, -0.25) is 9.59 Å². The van der Waals surface area contributed by atoms with Crippen LogP contribution in [0.25, 0.3) is 0 Å². The predicted molar refractivity (Wildman–Crippen MR) is 77.1 cm³/mol. The van der Waals surface area contributed by atoms with Crippen LogP contribution in [0.3, 0.4) is 0 Å². The number of carbonyl (C=O) groups excluding carboxylic acids is 2. The number of anilines is 1. The number of furan rings is 1. The molecule has 120 valence electrons. The lowest BCUT2D eigenvalue weighted by molar-refractivity contribution is -0.125. The molecule has 1 fully saturated rings. The van der Waals surface area contributed by atoms with Gasteiger partial charge in [0.15, 0.2) is 11.6 Å². The van der Waals surface area contributed by atoms with Gasteiger partial charge in [-0.2, -0.15) is 0 Å². The predicted octanol–water partition coefficient (Wildman–Crippen LogP) is 2.45. The van der Waals surface area contributed by atoms with E-state index in [0.717, 1.165) is 12.1 Å². The summed E-state index contributed by atoms with van der Waals surface area (Å²) in [5.41, 5.74) is 0.163. The fraction of sp³-hybridized carbons (Fsp3) is 0.250. The molecule has 5 nitrogen and oxygen atoms in total. The van der Waals surface area contributed by atoms with Gasteiger partial charge in [0, 0.05) is 11.8 Å². The standard InChI is InChI=1S/C16H14F2N2O3/c17-13-4-3-9(6-14(13)18)20-16(22)12-7-11(12)15(21)19-8-10-2-1-5-23-10/h1-6,11-12H,7-8H2,(H,19,21)(H,20,22). The first-order valence-corrected chi connectivity index (χ1v) is 7.10. The van der Waals surface area contributed by atoms with E-state index in [-0.39, 0.29) is 24.0 Å². The van der Waals surface area contributed by atoms with Crippen molar-refractivity contribution in [1.29, 1.82) is 0 Å². The van der Waals surface area contributed by atoms with Crippen molar-refractivity contribution < 1.29 is 22.8 Å². The number of nitrogens with one attached hydrogen (secondary N) is 2. The topological polar surface area (TPSA) is 71.3 Å². The van der Waals surface area contributed by atoms with E-state index in [1.807, 2.05) is 0 Å². The highest BCUT2D eigenvalue weighted by atomic mass is 19.2. The fourth-order valence-electron chi connectivity index (χ4n) is 2.30. The molecule has 0 bridgehead atoms. The number of hydrogen-bond donors (Lipinski definition) is 2. The van der Waals surface area contributed by atoms with E-state index < -0.39 is 23.5 Å². The van der Waals surface area contributed by atoms with Crippen molar-refractivity contribution in [2.45, 2.75) is 13.0 Å². The zero-order chi connectivity index (χ0) is 16.4. The summed E-state index contributed by atoms with van der Waals surface area (Å²) in [5.74, 6) is -2.87. The first-order chi connectivity index (χ1) is 11.0. The molecule has 0 aliphatic heterocycles. The van der Waals surface area contributed by atoms with Crippen molar-refractivity contribution in [2.24, 2.45) is 11.8 Å². The Morgan fingerprint density at radius 2 is 1.91 bits per heavy atom. The van der Waals surface area contributed by atoms with Gasteiger partial charge in [-0.15, -0.1) is 0 Å². The summed E-state index contributed by atoms with van der Waals surface area (Å²) in [5, 5.41) is 5.17. The Hall–Kier alpha value is -2.70. The van der Waals surface area contributed by atoms with E-state index in [1.54, 1.807) is 12.1 Å². The summed E-state index contributed by atoms with van der Waals surface area (Å²) in [6.45, 7) is 0.264. The summed E-state index contributed by atoms with van der Waals surface area (Å²) >= 11 is 0. The van der Waals surface area contributed by atoms with Crippen LogP contribution < -0.4 is 10.6 Å². The Morgan fingerprint density at radius 1 is 1.13 bits per heavy atom. The largest absolute Gasteiger partial charge is 0.467 e. The normalized spacial score (nSPS) is 19.2. The zero-order valence-electron chi connectivity index (χ0n) is 12.0. The minimum absolute atomic E-state index is 0.163. The van der Waals surface area contributed by atoms with Crippen LogP contribution >= 0.6 is 0 Å². The highest BCUT2D eigenvalue weighted by Gasteiger charge is 2.47. The summed E-state index contributed by atoms with van der Waals surface area (Å²) in [6.07, 6.45) is 1.94. The third kappa shape index (κ3) is 3.56. The summed E-state index contributed by atoms with van der Waals surface area (Å²) in [4.78, 5) is 23.9. The van der Waals surface area contributed by atoms with Gasteiger partial charge in [0.2, 0.25) is 11.8 Å². The van der Waals surface area contributed by atoms with Crippen LogP contribution in [-0.2, 0) is 16.1 Å². The quantitative estimate of drug-likeness (QED) is 0.889. The number of carbonyl (C=O) groups is 2. The van der Waals surface area contributed by atoms with Gasteiger partial charge in [0.25, 0.3) is 0 Å². The van der Waals surface area contributed by atoms with E-state index in [1.165, 1.54) is 12.3 Å². The summed E-state index contributed by atoms with van der Waals surface area (Å²) < 4.78 is 31.0. The Balaban J connectivity index is 1.50. The molecule has 23 heavy (non-hydrogen) atoms. The number of rotatable bonds is 5. The van der Waals surface area contributed by atoms with Gasteiger partial charge in [0.05, 0.1) is 24.6 Å². The van der Waals surface area contributed by atoms with Crippen LogP contribution in [0.15, 0.2) is 41.0 Å². The number of amides is 2. The van der Waals surface area contributed by atoms with Crippen LogP contribution in [-0.4, -0.2) is 11.8 Å². The van der Waals surface area contributed by atoms with Gasteiger partial charge in [-0.25, -0.2) is 8.78 Å². The highest BCUT2D eigenvalue weighted by molar-refractivity contribution is 5.99. The monoisotopic (exact) mass is 320 g/mol. The van der Waals surface area contributed by atoms with Crippen LogP contribution in [0.4, 0.5) is 14.5 Å². The maximum Gasteiger partial charge on any atom is 0.228 e. The van der Waals surface area contributed by atoms with Crippen molar-refractivity contribution in [2.75, 3.05) is 5.32 Å². The van der Waals surface area contributed by atoms with Gasteiger partial charge in [0.1, 0.15) is 5.76 Å². The molecule has 2 aromatic rings. The second-order valence-corrected chi connectivity index (χ2v) is 5.36. The zero-order valence-corrected chi connectivity index (χ0v) is 12.0. The van der Waals surface area contributed by atoms with Crippen molar-refractivity contribution >= 4 is 17.5 Å². The molecule has 7 heteroatoms. The van der Waals surface area contributed by atoms with Gasteiger partial charge in [-0.05, 0) is 30.7 Å². The average molecular weight is 320 g/mol. The Morgan fingerprint density at radius 3 is 2.61 bits per heavy atom. The lowest BCUT2D eigenvalue weighted by Gasteiger charge is -2.06. The minimum atomic E-state index is -1.04. The lowest BCUT2D eigenvalue weighted by atomic mass is 10.2. The second kappa shape index (κ2) is 6.20. The Kier molecular flexibility index (Phi) is 4.10. The molecule has 2 atom stereocenters. The molecule has 2 N–H and O–H groups in total. The first kappa shape index (κ1) is 15.2. The molecule has 1 aliphatic rings. The summed E-state index contributed by atoms with van der Waals surface area (Å²) in [6, 6.07) is 6.56. The lowest BCUT2D eigenvalue weighted by Crippen LogP contribution is -2.26. The van der Waals surface area contributed by atoms with Crippen LogP contribution in [0.2, 0.25) is 0 Å².